The van der Waals surface area contributed by atoms with Gasteiger partial charge in [0.15, 0.2) is 6.04 Å². The highest BCUT2D eigenvalue weighted by molar-refractivity contribution is 5.90. The molecule has 0 aliphatic heterocycles. The number of aliphatic carboxylic acids is 1. The summed E-state index contributed by atoms with van der Waals surface area (Å²) in [6.45, 7) is 1.58. The molecule has 1 aromatic carbocycles. The molecule has 128 valence electrons. The minimum atomic E-state index is -4.83. The number of benzene rings is 1. The van der Waals surface area contributed by atoms with Crippen molar-refractivity contribution in [3.05, 3.63) is 29.8 Å². The van der Waals surface area contributed by atoms with Crippen LogP contribution in [0.5, 0.6) is 5.75 Å². The van der Waals surface area contributed by atoms with Gasteiger partial charge in [0, 0.05) is 0 Å². The Morgan fingerprint density at radius 3 is 2.13 bits per heavy atom. The quantitative estimate of drug-likeness (QED) is 0.782. The monoisotopic (exact) mass is 337 g/mol. The van der Waals surface area contributed by atoms with Crippen molar-refractivity contribution >= 4 is 11.9 Å². The second-order valence-corrected chi connectivity index (χ2v) is 5.22. The molecule has 1 atom stereocenters. The van der Waals surface area contributed by atoms with Gasteiger partial charge in [-0.05, 0) is 31.5 Å². The van der Waals surface area contributed by atoms with Gasteiger partial charge < -0.3 is 15.2 Å². The lowest BCUT2D eigenvalue weighted by atomic mass is 9.83. The maximum atomic E-state index is 12.6. The molecule has 2 N–H and O–H groups in total. The van der Waals surface area contributed by atoms with Gasteiger partial charge in [-0.15, -0.1) is 13.2 Å². The average molecular weight is 337 g/mol. The number of rotatable bonds is 6. The van der Waals surface area contributed by atoms with Gasteiger partial charge in [-0.3, -0.25) is 4.79 Å². The van der Waals surface area contributed by atoms with E-state index in [9.17, 15) is 27.2 Å². The Labute approximate surface area is 129 Å². The van der Waals surface area contributed by atoms with Crippen LogP contribution in [0.2, 0.25) is 0 Å². The topological polar surface area (TPSA) is 75.6 Å². The first kappa shape index (κ1) is 18.7. The molecule has 0 saturated heterocycles. The number of alkyl halides is 4. The fourth-order valence-corrected chi connectivity index (χ4v) is 1.71. The highest BCUT2D eigenvalue weighted by Gasteiger charge is 2.34. The van der Waals surface area contributed by atoms with Gasteiger partial charge in [0.05, 0.1) is 5.41 Å². The highest BCUT2D eigenvalue weighted by atomic mass is 19.4. The Bertz CT molecular complexity index is 569. The van der Waals surface area contributed by atoms with E-state index in [2.05, 4.69) is 4.74 Å². The number of carbonyl (C=O) groups excluding carboxylic acids is 1. The van der Waals surface area contributed by atoms with E-state index < -0.39 is 42.1 Å². The summed E-state index contributed by atoms with van der Waals surface area (Å²) in [5.74, 6) is -2.75. The van der Waals surface area contributed by atoms with Crippen molar-refractivity contribution in [2.75, 3.05) is 6.67 Å². The number of hydrogen-bond acceptors (Lipinski definition) is 3. The second kappa shape index (κ2) is 6.84. The van der Waals surface area contributed by atoms with Crippen LogP contribution in [-0.2, 0) is 15.0 Å². The third-order valence-electron chi connectivity index (χ3n) is 3.13. The van der Waals surface area contributed by atoms with Crippen molar-refractivity contribution in [3.63, 3.8) is 0 Å². The van der Waals surface area contributed by atoms with Gasteiger partial charge in [0.2, 0.25) is 5.91 Å². The van der Waals surface area contributed by atoms with Gasteiger partial charge in [0.25, 0.3) is 0 Å². The van der Waals surface area contributed by atoms with E-state index in [1.165, 1.54) is 26.0 Å². The number of nitrogens with one attached hydrogen (secondary N) is 1. The van der Waals surface area contributed by atoms with Crippen LogP contribution in [0.3, 0.4) is 0 Å². The third-order valence-corrected chi connectivity index (χ3v) is 3.13. The van der Waals surface area contributed by atoms with Gasteiger partial charge >= 0.3 is 12.3 Å². The van der Waals surface area contributed by atoms with E-state index in [0.29, 0.717) is 5.56 Å². The SMILES string of the molecule is CC(C)(C(=O)NC(CF)C(=O)O)c1ccc(OC(F)(F)F)cc1. The van der Waals surface area contributed by atoms with Gasteiger partial charge in [-0.25, -0.2) is 9.18 Å². The Balaban J connectivity index is 2.90. The van der Waals surface area contributed by atoms with E-state index in [1.54, 1.807) is 0 Å². The van der Waals surface area contributed by atoms with E-state index in [0.717, 1.165) is 12.1 Å². The van der Waals surface area contributed by atoms with Crippen LogP contribution in [0.4, 0.5) is 17.6 Å². The number of carboxylic acid groups (broad SMARTS) is 1. The maximum absolute atomic E-state index is 12.6. The Hall–Kier alpha value is -2.32. The van der Waals surface area contributed by atoms with Gasteiger partial charge in [0.1, 0.15) is 12.4 Å². The Morgan fingerprint density at radius 2 is 1.74 bits per heavy atom. The van der Waals surface area contributed by atoms with Crippen molar-refractivity contribution in [1.82, 2.24) is 5.32 Å². The van der Waals surface area contributed by atoms with Crippen LogP contribution in [0, 0.1) is 0 Å². The summed E-state index contributed by atoms with van der Waals surface area (Å²) in [6.07, 6.45) is -4.83. The summed E-state index contributed by atoms with van der Waals surface area (Å²) < 4.78 is 52.5. The summed E-state index contributed by atoms with van der Waals surface area (Å²) in [4.78, 5) is 22.8. The van der Waals surface area contributed by atoms with Crippen LogP contribution in [-0.4, -0.2) is 36.1 Å². The molecule has 1 unspecified atom stereocenters. The first-order valence-electron chi connectivity index (χ1n) is 6.43. The summed E-state index contributed by atoms with van der Waals surface area (Å²) in [5, 5.41) is 10.8. The van der Waals surface area contributed by atoms with Crippen molar-refractivity contribution < 1.29 is 37.0 Å². The predicted molar refractivity (Wildman–Crippen MR) is 71.7 cm³/mol. The molecule has 0 fully saturated rings. The zero-order chi connectivity index (χ0) is 17.8. The number of halogens is 4. The molecular formula is C14H15F4NO4. The Morgan fingerprint density at radius 1 is 1.22 bits per heavy atom. The van der Waals surface area contributed by atoms with Crippen LogP contribution >= 0.6 is 0 Å². The molecule has 0 heterocycles. The van der Waals surface area contributed by atoms with Crippen molar-refractivity contribution in [2.24, 2.45) is 0 Å². The van der Waals surface area contributed by atoms with Crippen LogP contribution in [0.25, 0.3) is 0 Å². The molecule has 0 aromatic heterocycles. The van der Waals surface area contributed by atoms with Crippen LogP contribution < -0.4 is 10.1 Å². The molecule has 0 aliphatic rings. The highest BCUT2D eigenvalue weighted by Crippen LogP contribution is 2.28. The molecule has 0 spiro atoms. The van der Waals surface area contributed by atoms with Crippen molar-refractivity contribution in [1.29, 1.82) is 0 Å². The molecule has 1 aromatic rings. The molecule has 0 saturated carbocycles. The summed E-state index contributed by atoms with van der Waals surface area (Å²) in [5.41, 5.74) is -0.966. The predicted octanol–water partition coefficient (Wildman–Crippen LogP) is 2.40. The van der Waals surface area contributed by atoms with Crippen molar-refractivity contribution in [3.8, 4) is 5.75 Å². The zero-order valence-corrected chi connectivity index (χ0v) is 12.3. The lowest BCUT2D eigenvalue weighted by molar-refractivity contribution is -0.274. The molecule has 23 heavy (non-hydrogen) atoms. The largest absolute Gasteiger partial charge is 0.573 e. The average Bonchev–Trinajstić information content (AvgIpc) is 2.42. The van der Waals surface area contributed by atoms with Crippen LogP contribution in [0.1, 0.15) is 19.4 Å². The molecule has 0 aliphatic carbocycles. The lowest BCUT2D eigenvalue weighted by Crippen LogP contribution is -2.49. The number of carboxylic acids is 1. The van der Waals surface area contributed by atoms with Crippen molar-refractivity contribution in [2.45, 2.75) is 31.7 Å². The van der Waals surface area contributed by atoms with E-state index in [1.807, 2.05) is 5.32 Å². The zero-order valence-electron chi connectivity index (χ0n) is 12.3. The number of carbonyl (C=O) groups is 2. The van der Waals surface area contributed by atoms with Crippen LogP contribution in [0.15, 0.2) is 24.3 Å². The molecular weight excluding hydrogens is 322 g/mol. The third kappa shape index (κ3) is 5.11. The fourth-order valence-electron chi connectivity index (χ4n) is 1.71. The summed E-state index contributed by atoms with van der Waals surface area (Å²) >= 11 is 0. The summed E-state index contributed by atoms with van der Waals surface area (Å²) in [6, 6.07) is 2.86. The molecule has 1 rings (SSSR count). The first-order valence-corrected chi connectivity index (χ1v) is 6.43. The minimum Gasteiger partial charge on any atom is -0.480 e. The van der Waals surface area contributed by atoms with E-state index >= 15 is 0 Å². The second-order valence-electron chi connectivity index (χ2n) is 5.22. The van der Waals surface area contributed by atoms with E-state index in [-0.39, 0.29) is 0 Å². The fraction of sp³-hybridized carbons (Fsp3) is 0.429. The molecule has 0 bridgehead atoms. The number of amides is 1. The maximum Gasteiger partial charge on any atom is 0.573 e. The normalized spacial score (nSPS) is 13.3. The van der Waals surface area contributed by atoms with Gasteiger partial charge in [-0.2, -0.15) is 0 Å². The molecule has 9 heteroatoms. The standard InChI is InChI=1S/C14H15F4NO4/c1-13(2,12(22)19-10(7-15)11(20)21)8-3-5-9(6-4-8)23-14(16,17)18/h3-6,10H,7H2,1-2H3,(H,19,22)(H,20,21). The van der Waals surface area contributed by atoms with E-state index in [4.69, 9.17) is 5.11 Å². The molecule has 1 amide bonds. The number of hydrogen-bond donors (Lipinski definition) is 2. The minimum absolute atomic E-state index is 0.313. The molecule has 5 nitrogen and oxygen atoms in total. The first-order chi connectivity index (χ1) is 10.5. The summed E-state index contributed by atoms with van der Waals surface area (Å²) in [7, 11) is 0. The Kier molecular flexibility index (Phi) is 5.57. The smallest absolute Gasteiger partial charge is 0.480 e. The van der Waals surface area contributed by atoms with Gasteiger partial charge in [-0.1, -0.05) is 12.1 Å². The number of ether oxygens (including phenoxy) is 1. The molecule has 0 radical (unpaired) electrons. The lowest BCUT2D eigenvalue weighted by Gasteiger charge is -2.26.